The standard InChI is InChI=1S/C13H13N3OS/c1-4-7-16(3)13(17)11-10(14)9-6-5-8(2)15-12(9)18-11/h1,5-6H,7,14H2,2-3H3. The lowest BCUT2D eigenvalue weighted by Gasteiger charge is -2.12. The highest BCUT2D eigenvalue weighted by Gasteiger charge is 2.19. The summed E-state index contributed by atoms with van der Waals surface area (Å²) in [7, 11) is 1.66. The van der Waals surface area contributed by atoms with Crippen molar-refractivity contribution >= 4 is 33.1 Å². The maximum atomic E-state index is 12.1. The second-order valence-electron chi connectivity index (χ2n) is 4.02. The highest BCUT2D eigenvalue weighted by Crippen LogP contribution is 2.33. The number of terminal acetylenes is 1. The van der Waals surface area contributed by atoms with E-state index in [1.807, 2.05) is 19.1 Å². The van der Waals surface area contributed by atoms with E-state index in [0.717, 1.165) is 15.9 Å². The molecule has 5 heteroatoms. The molecule has 0 radical (unpaired) electrons. The predicted molar refractivity (Wildman–Crippen MR) is 74.6 cm³/mol. The van der Waals surface area contributed by atoms with Crippen LogP contribution in [0, 0.1) is 19.3 Å². The van der Waals surface area contributed by atoms with Crippen LogP contribution in [0.15, 0.2) is 12.1 Å². The van der Waals surface area contributed by atoms with Crippen LogP contribution in [0.4, 0.5) is 5.69 Å². The molecule has 0 aliphatic rings. The Hall–Kier alpha value is -2.06. The van der Waals surface area contributed by atoms with E-state index in [1.165, 1.54) is 16.2 Å². The van der Waals surface area contributed by atoms with E-state index in [1.54, 1.807) is 7.05 Å². The quantitative estimate of drug-likeness (QED) is 0.838. The van der Waals surface area contributed by atoms with Gasteiger partial charge in [0.05, 0.1) is 12.2 Å². The summed E-state index contributed by atoms with van der Waals surface area (Å²) < 4.78 is 0. The SMILES string of the molecule is C#CCN(C)C(=O)c1sc2nc(C)ccc2c1N. The van der Waals surface area contributed by atoms with Gasteiger partial charge in [-0.3, -0.25) is 4.79 Å². The number of carbonyl (C=O) groups excluding carboxylic acids is 1. The Kier molecular flexibility index (Phi) is 3.21. The van der Waals surface area contributed by atoms with Crippen molar-refractivity contribution in [3.63, 3.8) is 0 Å². The molecule has 0 saturated carbocycles. The minimum Gasteiger partial charge on any atom is -0.397 e. The molecular weight excluding hydrogens is 246 g/mol. The number of nitrogens with two attached hydrogens (primary N) is 1. The fraction of sp³-hybridized carbons (Fsp3) is 0.231. The van der Waals surface area contributed by atoms with Gasteiger partial charge in [0.1, 0.15) is 9.71 Å². The predicted octanol–water partition coefficient (Wildman–Crippen LogP) is 1.89. The topological polar surface area (TPSA) is 59.2 Å². The van der Waals surface area contributed by atoms with E-state index in [2.05, 4.69) is 10.9 Å². The van der Waals surface area contributed by atoms with Gasteiger partial charge in [-0.15, -0.1) is 17.8 Å². The van der Waals surface area contributed by atoms with E-state index in [-0.39, 0.29) is 12.5 Å². The molecule has 18 heavy (non-hydrogen) atoms. The Balaban J connectivity index is 2.49. The average Bonchev–Trinajstić information content (AvgIpc) is 2.65. The van der Waals surface area contributed by atoms with Gasteiger partial charge in [0.15, 0.2) is 0 Å². The summed E-state index contributed by atoms with van der Waals surface area (Å²) in [6.07, 6.45) is 5.19. The van der Waals surface area contributed by atoms with Crippen LogP contribution in [0.1, 0.15) is 15.4 Å². The molecule has 0 unspecified atom stereocenters. The summed E-state index contributed by atoms with van der Waals surface area (Å²) in [5, 5.41) is 0.822. The van der Waals surface area contributed by atoms with E-state index in [9.17, 15) is 4.79 Å². The first kappa shape index (κ1) is 12.4. The molecule has 0 saturated heterocycles. The van der Waals surface area contributed by atoms with Gasteiger partial charge in [0.2, 0.25) is 0 Å². The summed E-state index contributed by atoms with van der Waals surface area (Å²) in [5.74, 6) is 2.27. The van der Waals surface area contributed by atoms with Crippen molar-refractivity contribution in [2.24, 2.45) is 0 Å². The van der Waals surface area contributed by atoms with Crippen molar-refractivity contribution in [2.75, 3.05) is 19.3 Å². The lowest BCUT2D eigenvalue weighted by atomic mass is 10.2. The molecule has 92 valence electrons. The van der Waals surface area contributed by atoms with Crippen molar-refractivity contribution in [1.82, 2.24) is 9.88 Å². The summed E-state index contributed by atoms with van der Waals surface area (Å²) in [5.41, 5.74) is 7.38. The van der Waals surface area contributed by atoms with Crippen LogP contribution in [0.2, 0.25) is 0 Å². The molecule has 2 N–H and O–H groups in total. The fourth-order valence-corrected chi connectivity index (χ4v) is 2.76. The molecule has 4 nitrogen and oxygen atoms in total. The number of amides is 1. The van der Waals surface area contributed by atoms with Crippen LogP contribution >= 0.6 is 11.3 Å². The molecule has 0 aliphatic carbocycles. The zero-order chi connectivity index (χ0) is 13.3. The number of thiophene rings is 1. The van der Waals surface area contributed by atoms with Gasteiger partial charge in [0, 0.05) is 18.1 Å². The number of aryl methyl sites for hydroxylation is 1. The molecule has 0 aromatic carbocycles. The molecule has 2 aromatic rings. The Morgan fingerprint density at radius 1 is 1.61 bits per heavy atom. The van der Waals surface area contributed by atoms with Crippen LogP contribution in [-0.2, 0) is 0 Å². The number of nitrogen functional groups attached to an aromatic ring is 1. The van der Waals surface area contributed by atoms with Gasteiger partial charge in [-0.05, 0) is 19.1 Å². The zero-order valence-electron chi connectivity index (χ0n) is 10.2. The second kappa shape index (κ2) is 4.67. The van der Waals surface area contributed by atoms with Crippen LogP contribution in [0.3, 0.4) is 0 Å². The second-order valence-corrected chi connectivity index (χ2v) is 5.01. The number of rotatable bonds is 2. The first-order valence-electron chi connectivity index (χ1n) is 5.39. The number of pyridine rings is 1. The first-order chi connectivity index (χ1) is 8.54. The third-order valence-electron chi connectivity index (χ3n) is 2.60. The Labute approximate surface area is 109 Å². The molecule has 1 amide bonds. The van der Waals surface area contributed by atoms with Gasteiger partial charge < -0.3 is 10.6 Å². The zero-order valence-corrected chi connectivity index (χ0v) is 11.0. The maximum absolute atomic E-state index is 12.1. The molecule has 0 aliphatic heterocycles. The molecular formula is C13H13N3OS. The van der Waals surface area contributed by atoms with Gasteiger partial charge in [0.25, 0.3) is 5.91 Å². The van der Waals surface area contributed by atoms with Gasteiger partial charge in [-0.1, -0.05) is 5.92 Å². The number of aromatic nitrogens is 1. The highest BCUT2D eigenvalue weighted by molar-refractivity contribution is 7.21. The third kappa shape index (κ3) is 2.03. The number of hydrogen-bond donors (Lipinski definition) is 1. The Morgan fingerprint density at radius 2 is 2.33 bits per heavy atom. The number of anilines is 1. The summed E-state index contributed by atoms with van der Waals surface area (Å²) in [6, 6.07) is 3.77. The number of carbonyl (C=O) groups is 1. The molecule has 2 aromatic heterocycles. The van der Waals surface area contributed by atoms with Crippen LogP contribution in [0.25, 0.3) is 10.2 Å². The van der Waals surface area contributed by atoms with Gasteiger partial charge in [-0.2, -0.15) is 0 Å². The van der Waals surface area contributed by atoms with Crippen LogP contribution in [0.5, 0.6) is 0 Å². The minimum absolute atomic E-state index is 0.161. The smallest absolute Gasteiger partial charge is 0.266 e. The van der Waals surface area contributed by atoms with Crippen molar-refractivity contribution < 1.29 is 4.79 Å². The summed E-state index contributed by atoms with van der Waals surface area (Å²) in [6.45, 7) is 2.17. The number of fused-ring (bicyclic) bond motifs is 1. The van der Waals surface area contributed by atoms with E-state index in [4.69, 9.17) is 12.2 Å². The maximum Gasteiger partial charge on any atom is 0.266 e. The van der Waals surface area contributed by atoms with Gasteiger partial charge >= 0.3 is 0 Å². The highest BCUT2D eigenvalue weighted by atomic mass is 32.1. The molecule has 0 fully saturated rings. The lowest BCUT2D eigenvalue weighted by molar-refractivity contribution is 0.0818. The number of hydrogen-bond acceptors (Lipinski definition) is 4. The van der Waals surface area contributed by atoms with Gasteiger partial charge in [-0.25, -0.2) is 4.98 Å². The van der Waals surface area contributed by atoms with Crippen molar-refractivity contribution in [2.45, 2.75) is 6.92 Å². The molecule has 0 bridgehead atoms. The molecule has 0 spiro atoms. The third-order valence-corrected chi connectivity index (χ3v) is 3.71. The largest absolute Gasteiger partial charge is 0.397 e. The average molecular weight is 259 g/mol. The lowest BCUT2D eigenvalue weighted by Crippen LogP contribution is -2.26. The van der Waals surface area contributed by atoms with Crippen molar-refractivity contribution in [1.29, 1.82) is 0 Å². The fourth-order valence-electron chi connectivity index (χ4n) is 1.63. The van der Waals surface area contributed by atoms with Crippen molar-refractivity contribution in [3.8, 4) is 12.3 Å². The molecule has 2 rings (SSSR count). The Bertz CT molecular complexity index is 654. The normalized spacial score (nSPS) is 10.3. The van der Waals surface area contributed by atoms with Crippen LogP contribution in [-0.4, -0.2) is 29.4 Å². The number of nitrogens with zero attached hydrogens (tertiary/aromatic N) is 2. The summed E-state index contributed by atoms with van der Waals surface area (Å²) in [4.78, 5) is 19.3. The van der Waals surface area contributed by atoms with E-state index in [0.29, 0.717) is 10.6 Å². The van der Waals surface area contributed by atoms with Crippen molar-refractivity contribution in [3.05, 3.63) is 22.7 Å². The monoisotopic (exact) mass is 259 g/mol. The minimum atomic E-state index is -0.161. The molecule has 2 heterocycles. The van der Waals surface area contributed by atoms with E-state index < -0.39 is 0 Å². The summed E-state index contributed by atoms with van der Waals surface area (Å²) >= 11 is 1.30. The van der Waals surface area contributed by atoms with Crippen LogP contribution < -0.4 is 5.73 Å². The van der Waals surface area contributed by atoms with E-state index >= 15 is 0 Å². The first-order valence-corrected chi connectivity index (χ1v) is 6.20. The molecule has 0 atom stereocenters. The Morgan fingerprint density at radius 3 is 3.00 bits per heavy atom.